The first kappa shape index (κ1) is 32.1. The predicted octanol–water partition coefficient (Wildman–Crippen LogP) is -3.08. The molecule has 1 aliphatic heterocycles. The standard InChI is InChI=1S/C14H26N3O17P3/c1-14(6-18,33-35(23,24)25)8(19)5-31-37(28,29)34-36(26,27)30-4-7-10(20)11(21)12(32-7)17-3-2-9(15)16-13(17)22/h2-3,7-8,10-12,18-21H,4-6H2,1H3,(H,26,27)(H,28,29)(H2,15,16,22)(H2,23,24,25)/t7-,8?,10?,11?,12-,14+/m1/s1. The van der Waals surface area contributed by atoms with Crippen LogP contribution in [0, 0.1) is 0 Å². The van der Waals surface area contributed by atoms with Gasteiger partial charge in [-0.25, -0.2) is 18.5 Å². The van der Waals surface area contributed by atoms with Crippen molar-refractivity contribution in [1.29, 1.82) is 0 Å². The minimum Gasteiger partial charge on any atom is -0.393 e. The number of nitrogen functional groups attached to an aromatic ring is 1. The van der Waals surface area contributed by atoms with E-state index < -0.39 is 85.2 Å². The van der Waals surface area contributed by atoms with Crippen molar-refractivity contribution in [2.24, 2.45) is 0 Å². The van der Waals surface area contributed by atoms with Gasteiger partial charge in [0.1, 0.15) is 35.8 Å². The number of nitrogens with two attached hydrogens (primary N) is 1. The number of aliphatic hydroxyl groups excluding tert-OH is 4. The van der Waals surface area contributed by atoms with E-state index in [4.69, 9.17) is 20.3 Å². The summed E-state index contributed by atoms with van der Waals surface area (Å²) in [5, 5.41) is 39.4. The molecule has 10 N–H and O–H groups in total. The number of rotatable bonds is 13. The number of aliphatic hydroxyl groups is 4. The van der Waals surface area contributed by atoms with Crippen LogP contribution in [0.4, 0.5) is 5.82 Å². The van der Waals surface area contributed by atoms with E-state index in [-0.39, 0.29) is 5.82 Å². The number of phosphoric acid groups is 3. The van der Waals surface area contributed by atoms with Gasteiger partial charge in [-0.15, -0.1) is 0 Å². The molecule has 1 saturated heterocycles. The highest BCUT2D eigenvalue weighted by molar-refractivity contribution is 7.61. The zero-order valence-electron chi connectivity index (χ0n) is 18.7. The second-order valence-electron chi connectivity index (χ2n) is 7.77. The molecule has 1 aromatic rings. The number of nitrogens with zero attached hydrogens (tertiary/aromatic N) is 2. The van der Waals surface area contributed by atoms with E-state index in [2.05, 4.69) is 22.9 Å². The molecular formula is C14H26N3O17P3. The van der Waals surface area contributed by atoms with Gasteiger partial charge in [0.25, 0.3) is 0 Å². The minimum absolute atomic E-state index is 0.133. The summed E-state index contributed by atoms with van der Waals surface area (Å²) in [5.41, 5.74) is 2.04. The average molecular weight is 601 g/mol. The molecule has 2 heterocycles. The topological polar surface area (TPSA) is 320 Å². The molecule has 214 valence electrons. The molecule has 0 radical (unpaired) electrons. The van der Waals surface area contributed by atoms with Gasteiger partial charge in [0.05, 0.1) is 19.8 Å². The Morgan fingerprint density at radius 2 is 1.76 bits per heavy atom. The fraction of sp³-hybridized carbons (Fsp3) is 0.714. The lowest BCUT2D eigenvalue weighted by Crippen LogP contribution is -2.47. The van der Waals surface area contributed by atoms with Crippen LogP contribution in [0.15, 0.2) is 17.1 Å². The minimum atomic E-state index is -5.51. The summed E-state index contributed by atoms with van der Waals surface area (Å²) in [6.45, 7) is -2.66. The Bertz CT molecular complexity index is 1140. The summed E-state index contributed by atoms with van der Waals surface area (Å²) < 4.78 is 58.2. The molecule has 2 rings (SSSR count). The zero-order valence-corrected chi connectivity index (χ0v) is 21.4. The highest BCUT2D eigenvalue weighted by Crippen LogP contribution is 2.60. The highest BCUT2D eigenvalue weighted by Gasteiger charge is 2.46. The smallest absolute Gasteiger partial charge is 0.393 e. The molecule has 0 amide bonds. The molecule has 0 bridgehead atoms. The van der Waals surface area contributed by atoms with Crippen molar-refractivity contribution in [2.45, 2.75) is 43.2 Å². The van der Waals surface area contributed by atoms with Crippen LogP contribution < -0.4 is 11.4 Å². The number of phosphoric ester groups is 3. The van der Waals surface area contributed by atoms with Gasteiger partial charge in [-0.05, 0) is 13.0 Å². The Morgan fingerprint density at radius 1 is 1.16 bits per heavy atom. The van der Waals surface area contributed by atoms with E-state index >= 15 is 0 Å². The predicted molar refractivity (Wildman–Crippen MR) is 116 cm³/mol. The van der Waals surface area contributed by atoms with E-state index in [1.165, 1.54) is 6.07 Å². The zero-order chi connectivity index (χ0) is 28.4. The Morgan fingerprint density at radius 3 is 2.30 bits per heavy atom. The van der Waals surface area contributed by atoms with Crippen LogP contribution in [0.25, 0.3) is 0 Å². The number of ether oxygens (including phenoxy) is 1. The maximum Gasteiger partial charge on any atom is 0.481 e. The van der Waals surface area contributed by atoms with Crippen molar-refractivity contribution in [3.8, 4) is 0 Å². The van der Waals surface area contributed by atoms with E-state index in [9.17, 15) is 48.7 Å². The van der Waals surface area contributed by atoms with Gasteiger partial charge in [-0.3, -0.25) is 18.1 Å². The van der Waals surface area contributed by atoms with E-state index in [1.807, 2.05) is 0 Å². The second kappa shape index (κ2) is 11.9. The third-order valence-electron chi connectivity index (χ3n) is 4.81. The van der Waals surface area contributed by atoms with Crippen LogP contribution in [-0.4, -0.2) is 99.4 Å². The summed E-state index contributed by atoms with van der Waals surface area (Å²) in [4.78, 5) is 52.4. The molecule has 1 aromatic heterocycles. The third kappa shape index (κ3) is 8.94. The Kier molecular flexibility index (Phi) is 10.3. The van der Waals surface area contributed by atoms with Crippen LogP contribution in [-0.2, 0) is 36.3 Å². The maximum atomic E-state index is 12.1. The van der Waals surface area contributed by atoms with E-state index in [1.54, 1.807) is 0 Å². The summed E-state index contributed by atoms with van der Waals surface area (Å²) in [7, 11) is -16.2. The van der Waals surface area contributed by atoms with Crippen LogP contribution in [0.1, 0.15) is 13.2 Å². The monoisotopic (exact) mass is 601 g/mol. The fourth-order valence-corrected chi connectivity index (χ4v) is 5.68. The lowest BCUT2D eigenvalue weighted by molar-refractivity contribution is -0.101. The Hall–Kier alpha value is -1.15. The lowest BCUT2D eigenvalue weighted by atomic mass is 10.0. The van der Waals surface area contributed by atoms with Gasteiger partial charge in [-0.1, -0.05) is 0 Å². The fourth-order valence-electron chi connectivity index (χ4n) is 2.87. The van der Waals surface area contributed by atoms with Gasteiger partial charge in [0.2, 0.25) is 0 Å². The first-order valence-corrected chi connectivity index (χ1v) is 14.4. The Balaban J connectivity index is 1.97. The van der Waals surface area contributed by atoms with Crippen LogP contribution >= 0.6 is 23.5 Å². The summed E-state index contributed by atoms with van der Waals surface area (Å²) >= 11 is 0. The molecule has 1 aliphatic rings. The van der Waals surface area contributed by atoms with E-state index in [0.717, 1.165) is 17.7 Å². The van der Waals surface area contributed by atoms with Crippen molar-refractivity contribution in [3.05, 3.63) is 22.7 Å². The summed E-state index contributed by atoms with van der Waals surface area (Å²) in [5.74, 6) is -0.133. The molecule has 0 aliphatic carbocycles. The molecule has 20 nitrogen and oxygen atoms in total. The van der Waals surface area contributed by atoms with Crippen molar-refractivity contribution in [2.75, 3.05) is 25.6 Å². The molecule has 5 unspecified atom stereocenters. The van der Waals surface area contributed by atoms with Crippen molar-refractivity contribution in [3.63, 3.8) is 0 Å². The normalized spacial score (nSPS) is 28.2. The SMILES string of the molecule is C[C@@](CO)(OP(=O)(O)O)C(O)COP(=O)(O)OP(=O)(O)OC[C@H]1O[C@@H](n2ccc(N)nc2=O)C(O)C1O. The molecule has 0 spiro atoms. The van der Waals surface area contributed by atoms with Gasteiger partial charge in [0.15, 0.2) is 6.23 Å². The lowest BCUT2D eigenvalue weighted by Gasteiger charge is -2.32. The van der Waals surface area contributed by atoms with Gasteiger partial charge in [-0.2, -0.15) is 9.29 Å². The first-order chi connectivity index (χ1) is 16.8. The quantitative estimate of drug-likeness (QED) is 0.101. The first-order valence-electron chi connectivity index (χ1n) is 9.87. The number of hydrogen-bond donors (Lipinski definition) is 9. The van der Waals surface area contributed by atoms with Gasteiger partial charge >= 0.3 is 29.2 Å². The summed E-state index contributed by atoms with van der Waals surface area (Å²) in [6.07, 6.45) is -7.61. The van der Waals surface area contributed by atoms with Crippen molar-refractivity contribution in [1.82, 2.24) is 9.55 Å². The third-order valence-corrected chi connectivity index (χ3v) is 8.07. The second-order valence-corrected chi connectivity index (χ2v) is 12.0. The van der Waals surface area contributed by atoms with Crippen LogP contribution in [0.5, 0.6) is 0 Å². The molecule has 1 fully saturated rings. The van der Waals surface area contributed by atoms with Crippen LogP contribution in [0.2, 0.25) is 0 Å². The average Bonchev–Trinajstić information content (AvgIpc) is 3.02. The van der Waals surface area contributed by atoms with Crippen molar-refractivity contribution < 1.29 is 76.3 Å². The Labute approximate surface area is 207 Å². The number of anilines is 1. The van der Waals surface area contributed by atoms with E-state index in [0.29, 0.717) is 0 Å². The molecule has 0 saturated carbocycles. The molecular weight excluding hydrogens is 575 g/mol. The number of aromatic nitrogens is 2. The van der Waals surface area contributed by atoms with Gasteiger partial charge in [0, 0.05) is 6.20 Å². The maximum absolute atomic E-state index is 12.1. The molecule has 23 heteroatoms. The molecule has 8 atom stereocenters. The van der Waals surface area contributed by atoms with Crippen LogP contribution in [0.3, 0.4) is 0 Å². The highest BCUT2D eigenvalue weighted by atomic mass is 31.3. The number of hydrogen-bond acceptors (Lipinski definition) is 15. The molecule has 37 heavy (non-hydrogen) atoms. The summed E-state index contributed by atoms with van der Waals surface area (Å²) in [6, 6.07) is 1.20. The molecule has 0 aromatic carbocycles. The largest absolute Gasteiger partial charge is 0.481 e. The van der Waals surface area contributed by atoms with Crippen molar-refractivity contribution >= 4 is 29.3 Å². The van der Waals surface area contributed by atoms with Gasteiger partial charge < -0.3 is 50.5 Å².